The van der Waals surface area contributed by atoms with Gasteiger partial charge in [-0.15, -0.1) is 0 Å². The number of methoxy groups -OCH3 is 1. The lowest BCUT2D eigenvalue weighted by molar-refractivity contribution is 0.400. The number of fused-ring (bicyclic) bond motifs is 1. The van der Waals surface area contributed by atoms with Crippen LogP contribution in [0, 0.1) is 5.92 Å². The lowest BCUT2D eigenvalue weighted by Gasteiger charge is -2.22. The third kappa shape index (κ3) is 4.11. The fourth-order valence-corrected chi connectivity index (χ4v) is 3.48. The Bertz CT molecular complexity index is 1180. The van der Waals surface area contributed by atoms with Crippen molar-refractivity contribution < 1.29 is 4.74 Å². The predicted octanol–water partition coefficient (Wildman–Crippen LogP) is 3.58. The lowest BCUT2D eigenvalue weighted by Crippen LogP contribution is -2.28. The molecule has 0 fully saturated rings. The van der Waals surface area contributed by atoms with Crippen LogP contribution in [0.2, 0.25) is 0 Å². The molecule has 154 valence electrons. The number of hydrogen-bond donors (Lipinski definition) is 2. The second-order valence-electron chi connectivity index (χ2n) is 7.55. The van der Waals surface area contributed by atoms with Crippen molar-refractivity contribution in [2.45, 2.75) is 26.4 Å². The number of nitrogens with one attached hydrogen (secondary N) is 2. The van der Waals surface area contributed by atoms with E-state index >= 15 is 0 Å². The summed E-state index contributed by atoms with van der Waals surface area (Å²) in [6, 6.07) is 17.0. The highest BCUT2D eigenvalue weighted by Crippen LogP contribution is 2.22. The maximum absolute atomic E-state index is 12.7. The number of hydrogen-bond acceptors (Lipinski definition) is 5. The molecule has 7 nitrogen and oxygen atoms in total. The van der Waals surface area contributed by atoms with Crippen LogP contribution in [0.25, 0.3) is 17.0 Å². The van der Waals surface area contributed by atoms with E-state index in [2.05, 4.69) is 29.2 Å². The maximum atomic E-state index is 12.7. The summed E-state index contributed by atoms with van der Waals surface area (Å²) in [7, 11) is 1.66. The number of aromatic amines is 1. The van der Waals surface area contributed by atoms with Gasteiger partial charge in [-0.3, -0.25) is 14.9 Å². The van der Waals surface area contributed by atoms with E-state index in [1.165, 1.54) is 4.52 Å². The summed E-state index contributed by atoms with van der Waals surface area (Å²) in [6.45, 7) is 4.90. The van der Waals surface area contributed by atoms with Crippen molar-refractivity contribution in [2.24, 2.45) is 5.92 Å². The van der Waals surface area contributed by atoms with Crippen molar-refractivity contribution in [3.05, 3.63) is 82.4 Å². The number of aromatic nitrogens is 4. The molecule has 1 aromatic carbocycles. The van der Waals surface area contributed by atoms with E-state index in [4.69, 9.17) is 9.72 Å². The van der Waals surface area contributed by atoms with Gasteiger partial charge in [0, 0.05) is 24.9 Å². The van der Waals surface area contributed by atoms with Crippen molar-refractivity contribution in [3.63, 3.8) is 0 Å². The minimum Gasteiger partial charge on any atom is -0.497 e. The van der Waals surface area contributed by atoms with E-state index in [1.54, 1.807) is 19.4 Å². The summed E-state index contributed by atoms with van der Waals surface area (Å²) in [5.41, 5.74) is 3.82. The smallest absolute Gasteiger partial charge is 0.272 e. The SMILES string of the molecule is COc1ccc(CN[C@@H](c2cc(=O)n3[nH]c(-c4ccccn4)cc3n2)C(C)C)cc1. The molecule has 7 heteroatoms. The molecule has 0 bridgehead atoms. The number of pyridine rings is 1. The van der Waals surface area contributed by atoms with Gasteiger partial charge in [0.1, 0.15) is 5.75 Å². The number of rotatable bonds is 7. The first kappa shape index (κ1) is 19.8. The molecule has 0 amide bonds. The molecule has 0 radical (unpaired) electrons. The van der Waals surface area contributed by atoms with Crippen LogP contribution < -0.4 is 15.6 Å². The topological polar surface area (TPSA) is 84.3 Å². The second kappa shape index (κ2) is 8.51. The molecule has 4 aromatic rings. The minimum absolute atomic E-state index is 0.0574. The average molecular weight is 403 g/mol. The molecule has 3 heterocycles. The highest BCUT2D eigenvalue weighted by Gasteiger charge is 2.19. The average Bonchev–Trinajstić information content (AvgIpc) is 3.20. The van der Waals surface area contributed by atoms with Crippen molar-refractivity contribution in [3.8, 4) is 17.1 Å². The minimum atomic E-state index is -0.144. The van der Waals surface area contributed by atoms with Crippen LogP contribution in [0.15, 0.2) is 65.6 Å². The largest absolute Gasteiger partial charge is 0.497 e. The van der Waals surface area contributed by atoms with E-state index in [0.29, 0.717) is 12.2 Å². The van der Waals surface area contributed by atoms with Crippen LogP contribution in [0.1, 0.15) is 31.1 Å². The first-order chi connectivity index (χ1) is 14.5. The summed E-state index contributed by atoms with van der Waals surface area (Å²) < 4.78 is 6.67. The third-order valence-corrected chi connectivity index (χ3v) is 5.08. The van der Waals surface area contributed by atoms with Gasteiger partial charge in [0.2, 0.25) is 0 Å². The Morgan fingerprint density at radius 1 is 1.13 bits per heavy atom. The highest BCUT2D eigenvalue weighted by atomic mass is 16.5. The molecule has 0 spiro atoms. The molecule has 1 atom stereocenters. The van der Waals surface area contributed by atoms with Gasteiger partial charge in [0.05, 0.1) is 30.2 Å². The zero-order chi connectivity index (χ0) is 21.1. The Hall–Kier alpha value is -3.45. The molecule has 3 aromatic heterocycles. The first-order valence-corrected chi connectivity index (χ1v) is 9.95. The monoisotopic (exact) mass is 403 g/mol. The van der Waals surface area contributed by atoms with E-state index in [0.717, 1.165) is 28.4 Å². The van der Waals surface area contributed by atoms with Gasteiger partial charge in [-0.2, -0.15) is 0 Å². The summed E-state index contributed by atoms with van der Waals surface area (Å²) in [5.74, 6) is 1.09. The zero-order valence-electron chi connectivity index (χ0n) is 17.3. The molecule has 2 N–H and O–H groups in total. The van der Waals surface area contributed by atoms with Crippen LogP contribution >= 0.6 is 0 Å². The molecule has 0 aliphatic rings. The number of nitrogens with zero attached hydrogens (tertiary/aromatic N) is 3. The van der Waals surface area contributed by atoms with Crippen LogP contribution in [0.3, 0.4) is 0 Å². The Morgan fingerprint density at radius 2 is 1.93 bits per heavy atom. The molecule has 0 aliphatic heterocycles. The standard InChI is InChI=1S/C23H25N5O2/c1-15(2)23(25-14-16-7-9-17(30-3)10-8-16)20-13-22(29)28-21(26-20)12-19(27-28)18-6-4-5-11-24-18/h4-13,15,23,25,27H,14H2,1-3H3/t23-/m1/s1. The fourth-order valence-electron chi connectivity index (χ4n) is 3.48. The zero-order valence-corrected chi connectivity index (χ0v) is 17.3. The predicted molar refractivity (Wildman–Crippen MR) is 116 cm³/mol. The van der Waals surface area contributed by atoms with E-state index < -0.39 is 0 Å². The van der Waals surface area contributed by atoms with Gasteiger partial charge >= 0.3 is 0 Å². The first-order valence-electron chi connectivity index (χ1n) is 9.95. The molecule has 0 aliphatic carbocycles. The van der Waals surface area contributed by atoms with E-state index in [1.807, 2.05) is 48.5 Å². The molecule has 30 heavy (non-hydrogen) atoms. The third-order valence-electron chi connectivity index (χ3n) is 5.08. The normalized spacial score (nSPS) is 12.4. The quantitative estimate of drug-likeness (QED) is 0.493. The van der Waals surface area contributed by atoms with Gasteiger partial charge in [-0.25, -0.2) is 9.50 Å². The van der Waals surface area contributed by atoms with Crippen molar-refractivity contribution in [1.82, 2.24) is 24.9 Å². The maximum Gasteiger partial charge on any atom is 0.272 e. The van der Waals surface area contributed by atoms with Gasteiger partial charge in [0.15, 0.2) is 5.65 Å². The Kier molecular flexibility index (Phi) is 5.63. The van der Waals surface area contributed by atoms with Crippen molar-refractivity contribution in [1.29, 1.82) is 0 Å². The molecular weight excluding hydrogens is 378 g/mol. The van der Waals surface area contributed by atoms with Gasteiger partial charge in [0.25, 0.3) is 5.56 Å². The fraction of sp³-hybridized carbons (Fsp3) is 0.261. The van der Waals surface area contributed by atoms with Crippen LogP contribution in [0.5, 0.6) is 5.75 Å². The summed E-state index contributed by atoms with van der Waals surface area (Å²) >= 11 is 0. The Morgan fingerprint density at radius 3 is 2.60 bits per heavy atom. The second-order valence-corrected chi connectivity index (χ2v) is 7.55. The van der Waals surface area contributed by atoms with Gasteiger partial charge < -0.3 is 10.1 Å². The Labute approximate surface area is 174 Å². The van der Waals surface area contributed by atoms with E-state index in [-0.39, 0.29) is 17.5 Å². The van der Waals surface area contributed by atoms with Crippen molar-refractivity contribution >= 4 is 5.65 Å². The number of H-pyrrole nitrogens is 1. The summed E-state index contributed by atoms with van der Waals surface area (Å²) in [6.07, 6.45) is 1.72. The molecular formula is C23H25N5O2. The van der Waals surface area contributed by atoms with Crippen LogP contribution in [-0.2, 0) is 6.54 Å². The van der Waals surface area contributed by atoms with Crippen LogP contribution in [0.4, 0.5) is 0 Å². The molecule has 0 unspecified atom stereocenters. The van der Waals surface area contributed by atoms with E-state index in [9.17, 15) is 4.79 Å². The Balaban J connectivity index is 1.62. The number of ether oxygens (including phenoxy) is 1. The summed E-state index contributed by atoms with van der Waals surface area (Å²) in [4.78, 5) is 21.8. The summed E-state index contributed by atoms with van der Waals surface area (Å²) in [5, 5.41) is 6.64. The van der Waals surface area contributed by atoms with Gasteiger partial charge in [-0.05, 0) is 35.7 Å². The molecule has 0 saturated carbocycles. The van der Waals surface area contributed by atoms with Gasteiger partial charge in [-0.1, -0.05) is 32.0 Å². The molecule has 4 rings (SSSR count). The lowest BCUT2D eigenvalue weighted by atomic mass is 10.00. The molecule has 0 saturated heterocycles. The number of benzene rings is 1. The van der Waals surface area contributed by atoms with Crippen molar-refractivity contribution in [2.75, 3.05) is 7.11 Å². The van der Waals surface area contributed by atoms with Crippen LogP contribution in [-0.4, -0.2) is 26.7 Å². The highest BCUT2D eigenvalue weighted by molar-refractivity contribution is 5.60.